The summed E-state index contributed by atoms with van der Waals surface area (Å²) in [6.45, 7) is 0.618. The molecular formula is C27H32ClF5N4O5. The van der Waals surface area contributed by atoms with Crippen molar-refractivity contribution in [3.05, 3.63) is 64.7 Å². The first-order valence-electron chi connectivity index (χ1n) is 12.6. The highest BCUT2D eigenvalue weighted by molar-refractivity contribution is 6.30. The molecule has 0 saturated carbocycles. The normalized spacial score (nSPS) is 14.9. The second-order valence-electron chi connectivity index (χ2n) is 9.80. The molecule has 0 aliphatic rings. The lowest BCUT2D eigenvalue weighted by Gasteiger charge is -2.33. The van der Waals surface area contributed by atoms with Crippen molar-refractivity contribution in [3.8, 4) is 5.75 Å². The Labute approximate surface area is 243 Å². The van der Waals surface area contributed by atoms with Gasteiger partial charge in [-0.2, -0.15) is 22.0 Å². The van der Waals surface area contributed by atoms with Crippen LogP contribution in [0, 0.1) is 5.92 Å². The number of carbonyl (C=O) groups is 3. The van der Waals surface area contributed by atoms with Gasteiger partial charge in [0.15, 0.2) is 0 Å². The van der Waals surface area contributed by atoms with Gasteiger partial charge in [-0.15, -0.1) is 0 Å². The third kappa shape index (κ3) is 9.81. The van der Waals surface area contributed by atoms with Gasteiger partial charge in [0.2, 0.25) is 11.8 Å². The molecule has 0 aliphatic heterocycles. The van der Waals surface area contributed by atoms with Crippen LogP contribution >= 0.6 is 11.6 Å². The van der Waals surface area contributed by atoms with Crippen LogP contribution in [0.25, 0.3) is 0 Å². The average molecular weight is 623 g/mol. The quantitative estimate of drug-likeness (QED) is 0.218. The fraction of sp³-hybridized carbons (Fsp3) is 0.444. The maximum atomic E-state index is 14.7. The molecule has 6 N–H and O–H groups in total. The number of aliphatic hydroxyl groups excluding tert-OH is 1. The monoisotopic (exact) mass is 622 g/mol. The summed E-state index contributed by atoms with van der Waals surface area (Å²) < 4.78 is 71.8. The van der Waals surface area contributed by atoms with Crippen molar-refractivity contribution in [1.82, 2.24) is 16.0 Å². The number of nitrogens with two attached hydrogens (primary N) is 1. The minimum absolute atomic E-state index is 0.0376. The van der Waals surface area contributed by atoms with Gasteiger partial charge in [0.1, 0.15) is 24.4 Å². The van der Waals surface area contributed by atoms with Gasteiger partial charge < -0.3 is 31.5 Å². The molecule has 232 valence electrons. The highest BCUT2D eigenvalue weighted by Crippen LogP contribution is 2.27. The SMILES string of the molecule is COc1ccc([C@H](NC(=O)[C@@H](N)Cc2cccc(Cl)c2)C(=O)N[C@@H](C(C)C)[C@@H](O)C(F)(F)C(=O)NCC(F)(F)F)cc1. The van der Waals surface area contributed by atoms with Crippen molar-refractivity contribution in [2.45, 2.75) is 56.6 Å². The van der Waals surface area contributed by atoms with Crippen molar-refractivity contribution in [3.63, 3.8) is 0 Å². The molecule has 0 aromatic heterocycles. The molecule has 0 fully saturated rings. The van der Waals surface area contributed by atoms with E-state index in [2.05, 4.69) is 10.6 Å². The molecule has 15 heteroatoms. The van der Waals surface area contributed by atoms with E-state index in [0.717, 1.165) is 5.32 Å². The molecule has 0 radical (unpaired) electrons. The van der Waals surface area contributed by atoms with Crippen LogP contribution in [0.15, 0.2) is 48.5 Å². The van der Waals surface area contributed by atoms with Crippen LogP contribution in [0.3, 0.4) is 0 Å². The zero-order valence-corrected chi connectivity index (χ0v) is 23.6. The summed E-state index contributed by atoms with van der Waals surface area (Å²) in [5.74, 6) is -9.48. The molecule has 0 unspecified atom stereocenters. The fourth-order valence-corrected chi connectivity index (χ4v) is 4.09. The lowest BCUT2D eigenvalue weighted by molar-refractivity contribution is -0.175. The Kier molecular flexibility index (Phi) is 12.1. The number of carbonyl (C=O) groups excluding carboxylic acids is 3. The van der Waals surface area contributed by atoms with Crippen LogP contribution in [0.2, 0.25) is 5.02 Å². The maximum absolute atomic E-state index is 14.7. The Morgan fingerprint density at radius 3 is 2.14 bits per heavy atom. The fourth-order valence-electron chi connectivity index (χ4n) is 3.87. The van der Waals surface area contributed by atoms with E-state index >= 15 is 0 Å². The molecule has 3 amide bonds. The number of halogens is 6. The topological polar surface area (TPSA) is 143 Å². The minimum atomic E-state index is -4.97. The number of nitrogens with one attached hydrogen (secondary N) is 3. The molecule has 2 aromatic carbocycles. The van der Waals surface area contributed by atoms with Gasteiger partial charge in [-0.25, -0.2) is 0 Å². The van der Waals surface area contributed by atoms with E-state index < -0.39 is 66.5 Å². The Bertz CT molecular complexity index is 1230. The average Bonchev–Trinajstić information content (AvgIpc) is 2.92. The third-order valence-electron chi connectivity index (χ3n) is 6.17. The van der Waals surface area contributed by atoms with Gasteiger partial charge in [-0.3, -0.25) is 14.4 Å². The van der Waals surface area contributed by atoms with E-state index in [1.54, 1.807) is 24.3 Å². The number of ether oxygens (including phenoxy) is 1. The van der Waals surface area contributed by atoms with Crippen LogP contribution < -0.4 is 26.4 Å². The van der Waals surface area contributed by atoms with Crippen molar-refractivity contribution in [2.24, 2.45) is 11.7 Å². The highest BCUT2D eigenvalue weighted by atomic mass is 35.5. The van der Waals surface area contributed by atoms with Crippen LogP contribution in [-0.4, -0.2) is 66.8 Å². The zero-order valence-electron chi connectivity index (χ0n) is 22.8. The van der Waals surface area contributed by atoms with E-state index in [4.69, 9.17) is 22.1 Å². The number of alkyl halides is 5. The highest BCUT2D eigenvalue weighted by Gasteiger charge is 2.52. The second-order valence-corrected chi connectivity index (χ2v) is 10.2. The van der Waals surface area contributed by atoms with E-state index in [1.165, 1.54) is 45.2 Å². The smallest absolute Gasteiger partial charge is 0.405 e. The summed E-state index contributed by atoms with van der Waals surface area (Å²) >= 11 is 5.97. The maximum Gasteiger partial charge on any atom is 0.405 e. The van der Waals surface area contributed by atoms with E-state index in [0.29, 0.717) is 16.3 Å². The van der Waals surface area contributed by atoms with Crippen LogP contribution in [-0.2, 0) is 20.8 Å². The molecule has 4 atom stereocenters. The summed E-state index contributed by atoms with van der Waals surface area (Å²) in [6, 6.07) is 7.85. The molecular weight excluding hydrogens is 591 g/mol. The van der Waals surface area contributed by atoms with Crippen LogP contribution in [0.4, 0.5) is 22.0 Å². The van der Waals surface area contributed by atoms with Crippen LogP contribution in [0.5, 0.6) is 5.75 Å². The molecule has 0 bridgehead atoms. The number of hydrogen-bond donors (Lipinski definition) is 5. The first kappa shape index (κ1) is 34.7. The molecule has 0 spiro atoms. The lowest BCUT2D eigenvalue weighted by Crippen LogP contribution is -2.60. The lowest BCUT2D eigenvalue weighted by atomic mass is 9.93. The summed E-state index contributed by atoms with van der Waals surface area (Å²) in [7, 11) is 1.40. The van der Waals surface area contributed by atoms with E-state index in [1.807, 2.05) is 0 Å². The predicted molar refractivity (Wildman–Crippen MR) is 144 cm³/mol. The van der Waals surface area contributed by atoms with Gasteiger partial charge >= 0.3 is 12.1 Å². The van der Waals surface area contributed by atoms with Gasteiger partial charge in [-0.1, -0.05) is 49.7 Å². The van der Waals surface area contributed by atoms with Crippen molar-refractivity contribution in [1.29, 1.82) is 0 Å². The Hall–Kier alpha value is -3.49. The predicted octanol–water partition coefficient (Wildman–Crippen LogP) is 2.89. The summed E-state index contributed by atoms with van der Waals surface area (Å²) in [5.41, 5.74) is 6.86. The molecule has 42 heavy (non-hydrogen) atoms. The van der Waals surface area contributed by atoms with Gasteiger partial charge in [0.25, 0.3) is 5.91 Å². The summed E-state index contributed by atoms with van der Waals surface area (Å²) in [6.07, 6.45) is -7.86. The number of aliphatic hydroxyl groups is 1. The number of rotatable bonds is 13. The van der Waals surface area contributed by atoms with E-state index in [-0.39, 0.29) is 12.0 Å². The Morgan fingerprint density at radius 2 is 1.62 bits per heavy atom. The number of methoxy groups -OCH3 is 1. The molecule has 2 aromatic rings. The first-order valence-corrected chi connectivity index (χ1v) is 13.0. The van der Waals surface area contributed by atoms with Crippen molar-refractivity contribution < 1.29 is 46.2 Å². The van der Waals surface area contributed by atoms with Gasteiger partial charge in [-0.05, 0) is 47.7 Å². The molecule has 9 nitrogen and oxygen atoms in total. The standard InChI is InChI=1S/C27H32ClF5N4O5/c1-14(2)20(22(38)27(32,33)25(41)35-13-26(29,30)31)36-24(40)21(16-7-9-18(42-3)10-8-16)37-23(39)19(34)12-15-5-4-6-17(28)11-15/h4-11,14,19-22,38H,12-13,34H2,1-3H3,(H,35,41)(H,36,40)(H,37,39)/t19-,20-,21-,22+/m0/s1. The summed E-state index contributed by atoms with van der Waals surface area (Å²) in [5, 5.41) is 16.5. The van der Waals surface area contributed by atoms with Gasteiger partial charge in [0, 0.05) is 5.02 Å². The summed E-state index contributed by atoms with van der Waals surface area (Å²) in [4.78, 5) is 38.3. The van der Waals surface area contributed by atoms with Crippen molar-refractivity contribution >= 4 is 29.3 Å². The van der Waals surface area contributed by atoms with Crippen LogP contribution in [0.1, 0.15) is 31.0 Å². The zero-order chi connectivity index (χ0) is 31.8. The second kappa shape index (κ2) is 14.6. The number of amides is 3. The van der Waals surface area contributed by atoms with Gasteiger partial charge in [0.05, 0.1) is 19.2 Å². The van der Waals surface area contributed by atoms with Crippen molar-refractivity contribution in [2.75, 3.05) is 13.7 Å². The minimum Gasteiger partial charge on any atom is -0.497 e. The molecule has 0 saturated heterocycles. The molecule has 2 rings (SSSR count). The Balaban J connectivity index is 2.30. The largest absolute Gasteiger partial charge is 0.497 e. The first-order chi connectivity index (χ1) is 19.5. The van der Waals surface area contributed by atoms with E-state index in [9.17, 15) is 41.4 Å². The number of hydrogen-bond acceptors (Lipinski definition) is 6. The molecule has 0 heterocycles. The Morgan fingerprint density at radius 1 is 1.00 bits per heavy atom. The molecule has 0 aliphatic carbocycles. The number of benzene rings is 2. The third-order valence-corrected chi connectivity index (χ3v) is 6.41.